The predicted octanol–water partition coefficient (Wildman–Crippen LogP) is 3.59. The molecule has 1 heterocycles. The van der Waals surface area contributed by atoms with Crippen LogP contribution in [0.15, 0.2) is 60.8 Å². The predicted molar refractivity (Wildman–Crippen MR) is 143 cm³/mol. The largest absolute Gasteiger partial charge is 0.491 e. The molecule has 0 saturated carbocycles. The van der Waals surface area contributed by atoms with Crippen LogP contribution in [0.4, 0.5) is 16.3 Å². The standard InChI is InChI=1S/C25H26Cl2N6O4/c26-17-5-2-15(3-6-17)12-19(28)24(35)30-10-1-11-37-21-8-7-18(27)13-20(21)32-25(36)33-22-9-4-16(14-31-22)23(29)34/h2-9,13-14,19H,1,10-12,28H2,(H2,29,34)(H,30,35)(H2,31,32,33,36). The number of nitrogens with one attached hydrogen (secondary N) is 3. The van der Waals surface area contributed by atoms with E-state index in [-0.39, 0.29) is 23.9 Å². The highest BCUT2D eigenvalue weighted by Crippen LogP contribution is 2.28. The first kappa shape index (κ1) is 27.7. The number of nitrogens with two attached hydrogens (primary N) is 2. The van der Waals surface area contributed by atoms with Crippen molar-refractivity contribution in [2.45, 2.75) is 18.9 Å². The van der Waals surface area contributed by atoms with Crippen molar-refractivity contribution in [2.75, 3.05) is 23.8 Å². The molecule has 7 N–H and O–H groups in total. The summed E-state index contributed by atoms with van der Waals surface area (Å²) in [5.74, 6) is -0.276. The molecule has 37 heavy (non-hydrogen) atoms. The van der Waals surface area contributed by atoms with Crippen LogP contribution in [0.3, 0.4) is 0 Å². The highest BCUT2D eigenvalue weighted by Gasteiger charge is 2.14. The molecule has 0 fully saturated rings. The number of urea groups is 1. The number of hydrogen-bond donors (Lipinski definition) is 5. The summed E-state index contributed by atoms with van der Waals surface area (Å²) in [4.78, 5) is 39.8. The van der Waals surface area contributed by atoms with Crippen molar-refractivity contribution in [3.63, 3.8) is 0 Å². The molecule has 0 aliphatic carbocycles. The third kappa shape index (κ3) is 8.94. The molecule has 3 rings (SSSR count). The highest BCUT2D eigenvalue weighted by molar-refractivity contribution is 6.31. The van der Waals surface area contributed by atoms with Gasteiger partial charge in [-0.3, -0.25) is 14.9 Å². The lowest BCUT2D eigenvalue weighted by molar-refractivity contribution is -0.122. The number of primary amides is 1. The Labute approximate surface area is 223 Å². The van der Waals surface area contributed by atoms with Gasteiger partial charge in [0.1, 0.15) is 11.6 Å². The van der Waals surface area contributed by atoms with Crippen molar-refractivity contribution >= 4 is 52.6 Å². The van der Waals surface area contributed by atoms with Crippen molar-refractivity contribution in [2.24, 2.45) is 11.5 Å². The molecule has 1 aromatic heterocycles. The molecule has 1 unspecified atom stereocenters. The van der Waals surface area contributed by atoms with Gasteiger partial charge in [-0.25, -0.2) is 9.78 Å². The number of pyridine rings is 1. The Balaban J connectivity index is 1.45. The zero-order valence-electron chi connectivity index (χ0n) is 19.7. The number of rotatable bonds is 11. The van der Waals surface area contributed by atoms with Gasteiger partial charge in [0, 0.05) is 22.8 Å². The second kappa shape index (κ2) is 13.4. The Morgan fingerprint density at radius 1 is 0.973 bits per heavy atom. The number of carbonyl (C=O) groups is 3. The zero-order valence-corrected chi connectivity index (χ0v) is 21.2. The number of amides is 4. The van der Waals surface area contributed by atoms with Crippen molar-refractivity contribution in [3.8, 4) is 5.75 Å². The summed E-state index contributed by atoms with van der Waals surface area (Å²) >= 11 is 11.9. The van der Waals surface area contributed by atoms with E-state index in [1.165, 1.54) is 24.4 Å². The molecule has 1 atom stereocenters. The maximum Gasteiger partial charge on any atom is 0.324 e. The molecule has 0 spiro atoms. The van der Waals surface area contributed by atoms with E-state index in [0.29, 0.717) is 40.9 Å². The molecule has 0 aliphatic rings. The summed E-state index contributed by atoms with van der Waals surface area (Å²) in [5.41, 5.74) is 12.6. The smallest absolute Gasteiger partial charge is 0.324 e. The number of aromatic nitrogens is 1. The van der Waals surface area contributed by atoms with Crippen molar-refractivity contribution < 1.29 is 19.1 Å². The van der Waals surface area contributed by atoms with Crippen molar-refractivity contribution in [3.05, 3.63) is 82.0 Å². The Bertz CT molecular complexity index is 1240. The molecule has 10 nitrogen and oxygen atoms in total. The van der Waals surface area contributed by atoms with Gasteiger partial charge in [0.05, 0.1) is 23.9 Å². The minimum absolute atomic E-state index is 0.219. The molecule has 0 aliphatic heterocycles. The van der Waals surface area contributed by atoms with Gasteiger partial charge in [-0.15, -0.1) is 0 Å². The summed E-state index contributed by atoms with van der Waals surface area (Å²) in [6.45, 7) is 0.623. The topological polar surface area (TPSA) is 161 Å². The average molecular weight is 545 g/mol. The number of hydrogen-bond acceptors (Lipinski definition) is 6. The van der Waals surface area contributed by atoms with Crippen molar-refractivity contribution in [1.29, 1.82) is 0 Å². The lowest BCUT2D eigenvalue weighted by Gasteiger charge is -2.15. The van der Waals surface area contributed by atoms with E-state index in [2.05, 4.69) is 20.9 Å². The van der Waals surface area contributed by atoms with Crippen LogP contribution in [0, 0.1) is 0 Å². The average Bonchev–Trinajstić information content (AvgIpc) is 2.86. The second-order valence-electron chi connectivity index (χ2n) is 7.95. The molecular formula is C25H26Cl2N6O4. The summed E-state index contributed by atoms with van der Waals surface area (Å²) in [6.07, 6.45) is 2.16. The molecular weight excluding hydrogens is 519 g/mol. The first-order valence-corrected chi connectivity index (χ1v) is 12.0. The van der Waals surface area contributed by atoms with Crippen LogP contribution < -0.4 is 32.2 Å². The third-order valence-corrected chi connectivity index (χ3v) is 5.55. The Hall–Kier alpha value is -3.86. The van der Waals surface area contributed by atoms with Gasteiger partial charge in [-0.2, -0.15) is 0 Å². The van der Waals surface area contributed by atoms with Crippen LogP contribution in [0.5, 0.6) is 5.75 Å². The summed E-state index contributed by atoms with van der Waals surface area (Å²) in [5, 5.41) is 9.00. The minimum Gasteiger partial charge on any atom is -0.491 e. The molecule has 0 saturated heterocycles. The van der Waals surface area contributed by atoms with Gasteiger partial charge >= 0.3 is 6.03 Å². The van der Waals surface area contributed by atoms with E-state index in [1.807, 2.05) is 12.1 Å². The van der Waals surface area contributed by atoms with Gasteiger partial charge in [0.2, 0.25) is 11.8 Å². The molecule has 194 valence electrons. The fourth-order valence-corrected chi connectivity index (χ4v) is 3.47. The van der Waals surface area contributed by atoms with E-state index in [4.69, 9.17) is 39.4 Å². The third-order valence-electron chi connectivity index (χ3n) is 5.06. The van der Waals surface area contributed by atoms with Crippen molar-refractivity contribution in [1.82, 2.24) is 10.3 Å². The van der Waals surface area contributed by atoms with Gasteiger partial charge in [0.25, 0.3) is 0 Å². The summed E-state index contributed by atoms with van der Waals surface area (Å²) < 4.78 is 5.77. The number of carbonyl (C=O) groups excluding carboxylic acids is 3. The fourth-order valence-electron chi connectivity index (χ4n) is 3.17. The number of halogens is 2. The van der Waals surface area contributed by atoms with E-state index in [1.54, 1.807) is 24.3 Å². The Morgan fingerprint density at radius 2 is 1.70 bits per heavy atom. The minimum atomic E-state index is -0.686. The van der Waals surface area contributed by atoms with Gasteiger partial charge in [0.15, 0.2) is 0 Å². The fraction of sp³-hybridized carbons (Fsp3) is 0.200. The van der Waals surface area contributed by atoms with E-state index >= 15 is 0 Å². The molecule has 12 heteroatoms. The van der Waals surface area contributed by atoms with Crippen LogP contribution >= 0.6 is 23.2 Å². The SMILES string of the molecule is NC(=O)c1ccc(NC(=O)Nc2cc(Cl)ccc2OCCCNC(=O)C(N)Cc2ccc(Cl)cc2)nc1. The molecule has 2 aromatic carbocycles. The summed E-state index contributed by atoms with van der Waals surface area (Å²) in [6, 6.07) is 13.6. The van der Waals surface area contributed by atoms with Gasteiger partial charge in [-0.1, -0.05) is 35.3 Å². The van der Waals surface area contributed by atoms with Gasteiger partial charge in [-0.05, 0) is 60.9 Å². The van der Waals surface area contributed by atoms with Crippen LogP contribution in [0.2, 0.25) is 10.0 Å². The highest BCUT2D eigenvalue weighted by atomic mass is 35.5. The molecule has 0 radical (unpaired) electrons. The first-order chi connectivity index (χ1) is 17.7. The first-order valence-electron chi connectivity index (χ1n) is 11.2. The maximum absolute atomic E-state index is 12.4. The summed E-state index contributed by atoms with van der Waals surface area (Å²) in [7, 11) is 0. The van der Waals surface area contributed by atoms with Crippen LogP contribution in [0.1, 0.15) is 22.3 Å². The lowest BCUT2D eigenvalue weighted by atomic mass is 10.1. The molecule has 3 aromatic rings. The normalized spacial score (nSPS) is 11.3. The van der Waals surface area contributed by atoms with E-state index < -0.39 is 18.0 Å². The number of anilines is 2. The Morgan fingerprint density at radius 3 is 2.38 bits per heavy atom. The number of nitrogens with zero attached hydrogens (tertiary/aromatic N) is 1. The number of ether oxygens (including phenoxy) is 1. The Kier molecular flexibility index (Phi) is 10.1. The maximum atomic E-state index is 12.4. The zero-order chi connectivity index (χ0) is 26.8. The van der Waals surface area contributed by atoms with Crippen LogP contribution in [0.25, 0.3) is 0 Å². The van der Waals surface area contributed by atoms with Gasteiger partial charge < -0.3 is 26.8 Å². The van der Waals surface area contributed by atoms with Crippen LogP contribution in [-0.4, -0.2) is 42.0 Å². The monoisotopic (exact) mass is 544 g/mol. The molecule has 0 bridgehead atoms. The molecule has 4 amide bonds. The van der Waals surface area contributed by atoms with E-state index in [0.717, 1.165) is 5.56 Å². The lowest BCUT2D eigenvalue weighted by Crippen LogP contribution is -2.42. The quantitative estimate of drug-likeness (QED) is 0.232. The van der Waals surface area contributed by atoms with E-state index in [9.17, 15) is 14.4 Å². The second-order valence-corrected chi connectivity index (χ2v) is 8.82. The van der Waals surface area contributed by atoms with Crippen LogP contribution in [-0.2, 0) is 11.2 Å². The number of benzene rings is 2.